The van der Waals surface area contributed by atoms with Crippen molar-refractivity contribution >= 4 is 0 Å². The van der Waals surface area contributed by atoms with Gasteiger partial charge >= 0.3 is 0 Å². The second kappa shape index (κ2) is 5.30. The van der Waals surface area contributed by atoms with Crippen molar-refractivity contribution in [2.75, 3.05) is 33.9 Å². The van der Waals surface area contributed by atoms with E-state index in [-0.39, 0.29) is 24.8 Å². The molecule has 1 heterocycles. The number of likely N-dealkylation sites (N-methyl/N-ethyl adjacent to an activating group) is 2. The first kappa shape index (κ1) is 12.2. The minimum atomic E-state index is 0. The van der Waals surface area contributed by atoms with Crippen molar-refractivity contribution < 1.29 is 29.7 Å². The summed E-state index contributed by atoms with van der Waals surface area (Å²) in [5.74, 6) is 0. The Morgan fingerprint density at radius 1 is 1.33 bits per heavy atom. The molecule has 1 fully saturated rings. The third-order valence-corrected chi connectivity index (χ3v) is 1.46. The molecule has 2 nitrogen and oxygen atoms in total. The Hall–Kier alpha value is 0.500. The molecule has 0 aliphatic carbocycles. The molecule has 0 amide bonds. The molecular formula is C5H13Cl2N2-. The SMILES string of the molecule is CN1CC[NH+](C)C1.[Cl-].[Cl-]. The Morgan fingerprint density at radius 3 is 2.00 bits per heavy atom. The zero-order valence-corrected chi connectivity index (χ0v) is 7.34. The molecule has 9 heavy (non-hydrogen) atoms. The predicted molar refractivity (Wildman–Crippen MR) is 29.3 cm³/mol. The molecule has 1 N–H and O–H groups in total. The minimum absolute atomic E-state index is 0. The highest BCUT2D eigenvalue weighted by Gasteiger charge is 2.13. The van der Waals surface area contributed by atoms with E-state index in [9.17, 15) is 0 Å². The summed E-state index contributed by atoms with van der Waals surface area (Å²) < 4.78 is 0. The van der Waals surface area contributed by atoms with E-state index in [0.29, 0.717) is 0 Å². The lowest BCUT2D eigenvalue weighted by molar-refractivity contribution is -0.870. The summed E-state index contributed by atoms with van der Waals surface area (Å²) in [5.41, 5.74) is 0. The normalized spacial score (nSPS) is 26.7. The molecule has 1 aliphatic rings. The average Bonchev–Trinajstić information content (AvgIpc) is 1.87. The summed E-state index contributed by atoms with van der Waals surface area (Å²) in [5, 5.41) is 0. The fourth-order valence-corrected chi connectivity index (χ4v) is 1.00. The van der Waals surface area contributed by atoms with Gasteiger partial charge in [-0.2, -0.15) is 0 Å². The van der Waals surface area contributed by atoms with Crippen molar-refractivity contribution in [1.29, 1.82) is 0 Å². The highest BCUT2D eigenvalue weighted by molar-refractivity contribution is 4.45. The molecule has 1 saturated heterocycles. The zero-order valence-electron chi connectivity index (χ0n) is 5.82. The summed E-state index contributed by atoms with van der Waals surface area (Å²) in [6, 6.07) is 0. The van der Waals surface area contributed by atoms with Crippen LogP contribution in [0, 0.1) is 0 Å². The van der Waals surface area contributed by atoms with E-state index in [1.165, 1.54) is 19.8 Å². The smallest absolute Gasteiger partial charge is 0.133 e. The lowest BCUT2D eigenvalue weighted by atomic mass is 10.6. The van der Waals surface area contributed by atoms with Gasteiger partial charge in [0.2, 0.25) is 0 Å². The number of hydrogen-bond donors (Lipinski definition) is 1. The van der Waals surface area contributed by atoms with Gasteiger partial charge in [0.05, 0.1) is 20.1 Å². The Bertz CT molecular complexity index is 62.0. The summed E-state index contributed by atoms with van der Waals surface area (Å²) in [4.78, 5) is 3.97. The van der Waals surface area contributed by atoms with E-state index in [0.717, 1.165) is 0 Å². The van der Waals surface area contributed by atoms with Crippen molar-refractivity contribution in [3.05, 3.63) is 0 Å². The van der Waals surface area contributed by atoms with Crippen LogP contribution >= 0.6 is 0 Å². The summed E-state index contributed by atoms with van der Waals surface area (Å²) in [6.45, 7) is 3.81. The molecule has 0 spiro atoms. The Balaban J connectivity index is 0. The van der Waals surface area contributed by atoms with Gasteiger partial charge in [0, 0.05) is 0 Å². The summed E-state index contributed by atoms with van der Waals surface area (Å²) >= 11 is 0. The summed E-state index contributed by atoms with van der Waals surface area (Å²) in [7, 11) is 4.39. The van der Waals surface area contributed by atoms with Crippen LogP contribution in [-0.2, 0) is 0 Å². The highest BCUT2D eigenvalue weighted by Crippen LogP contribution is 1.76. The molecular weight excluding hydrogens is 159 g/mol. The van der Waals surface area contributed by atoms with Crippen LogP contribution in [0.25, 0.3) is 0 Å². The molecule has 0 aromatic carbocycles. The van der Waals surface area contributed by atoms with Crippen LogP contribution in [0.4, 0.5) is 0 Å². The topological polar surface area (TPSA) is 7.68 Å². The lowest BCUT2D eigenvalue weighted by Gasteiger charge is -2.03. The van der Waals surface area contributed by atoms with E-state index < -0.39 is 0 Å². The van der Waals surface area contributed by atoms with Crippen LogP contribution in [0.3, 0.4) is 0 Å². The van der Waals surface area contributed by atoms with Crippen LogP contribution in [0.5, 0.6) is 0 Å². The van der Waals surface area contributed by atoms with E-state index in [1.54, 1.807) is 4.90 Å². The minimum Gasteiger partial charge on any atom is -1.00 e. The molecule has 1 atom stereocenters. The molecule has 0 aromatic rings. The third kappa shape index (κ3) is 3.98. The van der Waals surface area contributed by atoms with Gasteiger partial charge in [-0.1, -0.05) is 0 Å². The van der Waals surface area contributed by atoms with Crippen LogP contribution < -0.4 is 29.7 Å². The number of nitrogens with one attached hydrogen (secondary N) is 1. The fraction of sp³-hybridized carbons (Fsp3) is 1.00. The number of halogens is 2. The van der Waals surface area contributed by atoms with Crippen LogP contribution in [-0.4, -0.2) is 38.8 Å². The van der Waals surface area contributed by atoms with Gasteiger partial charge in [-0.25, -0.2) is 0 Å². The number of rotatable bonds is 0. The van der Waals surface area contributed by atoms with Crippen LogP contribution in [0.1, 0.15) is 0 Å². The van der Waals surface area contributed by atoms with Gasteiger partial charge in [0.25, 0.3) is 0 Å². The van der Waals surface area contributed by atoms with Crippen molar-refractivity contribution in [3.63, 3.8) is 0 Å². The van der Waals surface area contributed by atoms with E-state index >= 15 is 0 Å². The summed E-state index contributed by atoms with van der Waals surface area (Å²) in [6.07, 6.45) is 0. The fourth-order valence-electron chi connectivity index (χ4n) is 1.00. The Labute approximate surface area is 69.0 Å². The molecule has 0 saturated carbocycles. The molecule has 58 valence electrons. The standard InChI is InChI=1S/C5H12N2.2ClH/c1-6-3-4-7(2)5-6;;/h3-5H2,1-2H3;2*1H/p-1. The second-order valence-electron chi connectivity index (χ2n) is 2.44. The number of hydrogen-bond acceptors (Lipinski definition) is 1. The molecule has 0 aromatic heterocycles. The maximum absolute atomic E-state index is 2.34. The van der Waals surface area contributed by atoms with E-state index in [1.807, 2.05) is 0 Å². The number of nitrogens with zero attached hydrogens (tertiary/aromatic N) is 1. The van der Waals surface area contributed by atoms with Crippen LogP contribution in [0.15, 0.2) is 0 Å². The molecule has 1 rings (SSSR count). The second-order valence-corrected chi connectivity index (χ2v) is 2.44. The molecule has 1 aliphatic heterocycles. The Kier molecular flexibility index (Phi) is 7.18. The highest BCUT2D eigenvalue weighted by atomic mass is 35.5. The Morgan fingerprint density at radius 2 is 1.89 bits per heavy atom. The molecule has 0 radical (unpaired) electrons. The van der Waals surface area contributed by atoms with Gasteiger partial charge in [0.15, 0.2) is 0 Å². The van der Waals surface area contributed by atoms with Gasteiger partial charge < -0.3 is 29.7 Å². The first-order valence-corrected chi connectivity index (χ1v) is 2.79. The quantitative estimate of drug-likeness (QED) is 0.381. The van der Waals surface area contributed by atoms with Gasteiger partial charge in [-0.3, -0.25) is 4.90 Å². The van der Waals surface area contributed by atoms with Gasteiger partial charge in [0.1, 0.15) is 6.67 Å². The van der Waals surface area contributed by atoms with Crippen molar-refractivity contribution in [2.45, 2.75) is 0 Å². The van der Waals surface area contributed by atoms with Gasteiger partial charge in [-0.15, -0.1) is 0 Å². The first-order chi connectivity index (χ1) is 3.29. The first-order valence-electron chi connectivity index (χ1n) is 2.79. The lowest BCUT2D eigenvalue weighted by Crippen LogP contribution is -3.07. The number of quaternary nitrogens is 1. The largest absolute Gasteiger partial charge is 1.00 e. The van der Waals surface area contributed by atoms with E-state index in [2.05, 4.69) is 19.0 Å². The molecule has 1 unspecified atom stereocenters. The zero-order chi connectivity index (χ0) is 5.28. The average molecular weight is 172 g/mol. The van der Waals surface area contributed by atoms with Crippen LogP contribution in [0.2, 0.25) is 0 Å². The third-order valence-electron chi connectivity index (χ3n) is 1.46. The van der Waals surface area contributed by atoms with Crippen molar-refractivity contribution in [3.8, 4) is 0 Å². The van der Waals surface area contributed by atoms with Crippen molar-refractivity contribution in [1.82, 2.24) is 4.90 Å². The molecule has 4 heteroatoms. The predicted octanol–water partition coefficient (Wildman–Crippen LogP) is -7.59. The van der Waals surface area contributed by atoms with E-state index in [4.69, 9.17) is 0 Å². The molecule has 0 bridgehead atoms. The maximum Gasteiger partial charge on any atom is 0.133 e. The van der Waals surface area contributed by atoms with Crippen molar-refractivity contribution in [2.24, 2.45) is 0 Å². The maximum atomic E-state index is 2.34. The monoisotopic (exact) mass is 171 g/mol. The van der Waals surface area contributed by atoms with Gasteiger partial charge in [-0.05, 0) is 7.05 Å².